The second-order valence-corrected chi connectivity index (χ2v) is 6.86. The van der Waals surface area contributed by atoms with Crippen molar-refractivity contribution in [3.8, 4) is 5.75 Å². The lowest BCUT2D eigenvalue weighted by atomic mass is 10.2. The number of hydrogen-bond acceptors (Lipinski definition) is 4. The van der Waals surface area contributed by atoms with Crippen molar-refractivity contribution in [1.29, 1.82) is 0 Å². The van der Waals surface area contributed by atoms with Crippen molar-refractivity contribution in [1.82, 2.24) is 9.80 Å². The van der Waals surface area contributed by atoms with Crippen LogP contribution in [0.1, 0.15) is 18.9 Å². The van der Waals surface area contributed by atoms with E-state index in [1.807, 2.05) is 31.2 Å². The molecule has 0 saturated carbocycles. The number of benzene rings is 2. The highest BCUT2D eigenvalue weighted by Gasteiger charge is 2.17. The third-order valence-electron chi connectivity index (χ3n) is 4.82. The number of ether oxygens (including phenoxy) is 1. The molecule has 5 heteroatoms. The van der Waals surface area contributed by atoms with E-state index >= 15 is 0 Å². The molecule has 0 atom stereocenters. The van der Waals surface area contributed by atoms with Crippen molar-refractivity contribution in [3.05, 3.63) is 60.2 Å². The van der Waals surface area contributed by atoms with Crippen LogP contribution < -0.4 is 10.1 Å². The molecule has 0 unspecified atom stereocenters. The normalized spacial score (nSPS) is 15.4. The zero-order valence-corrected chi connectivity index (χ0v) is 16.1. The van der Waals surface area contributed by atoms with E-state index in [2.05, 4.69) is 45.4 Å². The van der Waals surface area contributed by atoms with Crippen LogP contribution in [0.15, 0.2) is 54.6 Å². The second-order valence-electron chi connectivity index (χ2n) is 6.86. The summed E-state index contributed by atoms with van der Waals surface area (Å²) in [7, 11) is 0. The number of nitrogens with one attached hydrogen (secondary N) is 1. The number of rotatable bonds is 8. The molecule has 0 radical (unpaired) electrons. The Morgan fingerprint density at radius 3 is 2.30 bits per heavy atom. The highest BCUT2D eigenvalue weighted by atomic mass is 16.5. The van der Waals surface area contributed by atoms with E-state index in [1.54, 1.807) is 0 Å². The number of nitrogens with zero attached hydrogens (tertiary/aromatic N) is 2. The van der Waals surface area contributed by atoms with Gasteiger partial charge < -0.3 is 15.0 Å². The molecule has 1 heterocycles. The predicted molar refractivity (Wildman–Crippen MR) is 109 cm³/mol. The zero-order valence-electron chi connectivity index (χ0n) is 16.1. The summed E-state index contributed by atoms with van der Waals surface area (Å²) in [6.45, 7) is 8.55. The largest absolute Gasteiger partial charge is 0.494 e. The molecule has 1 aliphatic rings. The number of anilines is 1. The molecule has 2 aromatic carbocycles. The smallest absolute Gasteiger partial charge is 0.225 e. The van der Waals surface area contributed by atoms with Crippen LogP contribution in [0.2, 0.25) is 0 Å². The van der Waals surface area contributed by atoms with E-state index < -0.39 is 0 Å². The van der Waals surface area contributed by atoms with Gasteiger partial charge in [0.15, 0.2) is 0 Å². The van der Waals surface area contributed by atoms with Crippen LogP contribution in [0.4, 0.5) is 5.69 Å². The zero-order chi connectivity index (χ0) is 18.9. The van der Waals surface area contributed by atoms with Crippen LogP contribution in [0.5, 0.6) is 5.75 Å². The molecule has 1 saturated heterocycles. The molecule has 3 rings (SSSR count). The Bertz CT molecular complexity index is 695. The van der Waals surface area contributed by atoms with E-state index in [0.29, 0.717) is 13.0 Å². The van der Waals surface area contributed by atoms with E-state index in [1.165, 1.54) is 5.56 Å². The van der Waals surface area contributed by atoms with Crippen LogP contribution in [-0.4, -0.2) is 55.0 Å². The SMILES string of the molecule is CCOc1ccc(NC(=O)CCN2CCN(Cc3ccccc3)CC2)cc1. The van der Waals surface area contributed by atoms with Gasteiger partial charge in [0.2, 0.25) is 5.91 Å². The Hall–Kier alpha value is -2.37. The molecule has 5 nitrogen and oxygen atoms in total. The average Bonchev–Trinajstić information content (AvgIpc) is 2.70. The number of piperazine rings is 1. The summed E-state index contributed by atoms with van der Waals surface area (Å²) in [5.41, 5.74) is 2.18. The van der Waals surface area contributed by atoms with Crippen molar-refractivity contribution in [2.75, 3.05) is 44.6 Å². The van der Waals surface area contributed by atoms with Gasteiger partial charge in [-0.05, 0) is 36.8 Å². The highest BCUT2D eigenvalue weighted by molar-refractivity contribution is 5.90. The summed E-state index contributed by atoms with van der Waals surface area (Å²) in [6.07, 6.45) is 0.520. The van der Waals surface area contributed by atoms with Gasteiger partial charge in [0, 0.05) is 51.4 Å². The molecule has 144 valence electrons. The van der Waals surface area contributed by atoms with E-state index in [9.17, 15) is 4.79 Å². The van der Waals surface area contributed by atoms with Crippen LogP contribution >= 0.6 is 0 Å². The van der Waals surface area contributed by atoms with E-state index in [0.717, 1.165) is 50.7 Å². The summed E-state index contributed by atoms with van der Waals surface area (Å²) >= 11 is 0. The summed E-state index contributed by atoms with van der Waals surface area (Å²) in [5, 5.41) is 2.96. The lowest BCUT2D eigenvalue weighted by molar-refractivity contribution is -0.116. The molecule has 1 fully saturated rings. The number of amides is 1. The first-order valence-electron chi connectivity index (χ1n) is 9.74. The van der Waals surface area contributed by atoms with Gasteiger partial charge in [0.1, 0.15) is 5.75 Å². The first-order valence-corrected chi connectivity index (χ1v) is 9.74. The third kappa shape index (κ3) is 6.38. The minimum atomic E-state index is 0.0610. The summed E-state index contributed by atoms with van der Waals surface area (Å²) < 4.78 is 5.42. The molecule has 0 spiro atoms. The fraction of sp³-hybridized carbons (Fsp3) is 0.409. The lowest BCUT2D eigenvalue weighted by Crippen LogP contribution is -2.46. The first-order chi connectivity index (χ1) is 13.2. The molecule has 1 amide bonds. The number of carbonyl (C=O) groups is 1. The molecule has 2 aromatic rings. The lowest BCUT2D eigenvalue weighted by Gasteiger charge is -2.34. The molecule has 27 heavy (non-hydrogen) atoms. The van der Waals surface area contributed by atoms with Crippen LogP contribution in [0.25, 0.3) is 0 Å². The Morgan fingerprint density at radius 1 is 0.963 bits per heavy atom. The van der Waals surface area contributed by atoms with Gasteiger partial charge in [-0.2, -0.15) is 0 Å². The van der Waals surface area contributed by atoms with Crippen LogP contribution in [0, 0.1) is 0 Å². The maximum Gasteiger partial charge on any atom is 0.225 e. The summed E-state index contributed by atoms with van der Waals surface area (Å²) in [5.74, 6) is 0.884. The maximum atomic E-state index is 12.2. The van der Waals surface area contributed by atoms with Gasteiger partial charge in [-0.1, -0.05) is 30.3 Å². The standard InChI is InChI=1S/C22H29N3O2/c1-2-27-21-10-8-20(9-11-21)23-22(26)12-13-24-14-16-25(17-15-24)18-19-6-4-3-5-7-19/h3-11H,2,12-18H2,1H3,(H,23,26). The van der Waals surface area contributed by atoms with Crippen LogP contribution in [0.3, 0.4) is 0 Å². The Kier molecular flexibility index (Phi) is 7.25. The molecule has 0 aliphatic carbocycles. The molecule has 1 N–H and O–H groups in total. The predicted octanol–water partition coefficient (Wildman–Crippen LogP) is 3.23. The summed E-state index contributed by atoms with van der Waals surface area (Å²) in [6, 6.07) is 18.1. The topological polar surface area (TPSA) is 44.8 Å². The van der Waals surface area contributed by atoms with E-state index in [4.69, 9.17) is 4.74 Å². The van der Waals surface area contributed by atoms with Gasteiger partial charge in [0.25, 0.3) is 0 Å². The van der Waals surface area contributed by atoms with Crippen molar-refractivity contribution in [3.63, 3.8) is 0 Å². The van der Waals surface area contributed by atoms with Gasteiger partial charge in [0.05, 0.1) is 6.61 Å². The fourth-order valence-corrected chi connectivity index (χ4v) is 3.30. The second kappa shape index (κ2) is 10.1. The van der Waals surface area contributed by atoms with Gasteiger partial charge in [-0.15, -0.1) is 0 Å². The van der Waals surface area contributed by atoms with Crippen LogP contribution in [-0.2, 0) is 11.3 Å². The fourth-order valence-electron chi connectivity index (χ4n) is 3.30. The first kappa shape index (κ1) is 19.4. The Labute approximate surface area is 161 Å². The molecular formula is C22H29N3O2. The summed E-state index contributed by atoms with van der Waals surface area (Å²) in [4.78, 5) is 17.0. The number of carbonyl (C=O) groups excluding carboxylic acids is 1. The number of hydrogen-bond donors (Lipinski definition) is 1. The van der Waals surface area contributed by atoms with E-state index in [-0.39, 0.29) is 5.91 Å². The van der Waals surface area contributed by atoms with Crippen molar-refractivity contribution < 1.29 is 9.53 Å². The van der Waals surface area contributed by atoms with Crippen molar-refractivity contribution in [2.24, 2.45) is 0 Å². The molecule has 1 aliphatic heterocycles. The average molecular weight is 367 g/mol. The molecular weight excluding hydrogens is 338 g/mol. The Morgan fingerprint density at radius 2 is 1.63 bits per heavy atom. The minimum absolute atomic E-state index is 0.0610. The van der Waals surface area contributed by atoms with Crippen molar-refractivity contribution in [2.45, 2.75) is 19.9 Å². The minimum Gasteiger partial charge on any atom is -0.494 e. The highest BCUT2D eigenvalue weighted by Crippen LogP contribution is 2.16. The molecule has 0 bridgehead atoms. The quantitative estimate of drug-likeness (QED) is 0.778. The van der Waals surface area contributed by atoms with Crippen molar-refractivity contribution >= 4 is 11.6 Å². The van der Waals surface area contributed by atoms with Gasteiger partial charge in [-0.25, -0.2) is 0 Å². The van der Waals surface area contributed by atoms with Gasteiger partial charge >= 0.3 is 0 Å². The third-order valence-corrected chi connectivity index (χ3v) is 4.82. The molecule has 0 aromatic heterocycles. The monoisotopic (exact) mass is 367 g/mol. The van der Waals surface area contributed by atoms with Gasteiger partial charge in [-0.3, -0.25) is 9.69 Å². The Balaban J connectivity index is 1.35. The maximum absolute atomic E-state index is 12.2.